The van der Waals surface area contributed by atoms with Crippen LogP contribution in [0, 0.1) is 16.2 Å². The van der Waals surface area contributed by atoms with Gasteiger partial charge in [0.05, 0.1) is 4.92 Å². The van der Waals surface area contributed by atoms with Crippen LogP contribution in [0.3, 0.4) is 0 Å². The molecule has 0 fully saturated rings. The first-order valence-electron chi connectivity index (χ1n) is 3.39. The van der Waals surface area contributed by atoms with Crippen LogP contribution in [0.5, 0.6) is 0 Å². The van der Waals surface area contributed by atoms with Crippen molar-refractivity contribution in [2.45, 2.75) is 13.3 Å². The highest BCUT2D eigenvalue weighted by molar-refractivity contribution is 5.39. The molecule has 0 spiro atoms. The zero-order chi connectivity index (χ0) is 8.27. The van der Waals surface area contributed by atoms with Crippen LogP contribution in [0.15, 0.2) is 18.2 Å². The van der Waals surface area contributed by atoms with E-state index >= 15 is 0 Å². The van der Waals surface area contributed by atoms with Crippen molar-refractivity contribution < 1.29 is 4.92 Å². The Labute approximate surface area is 64.8 Å². The molecule has 0 aliphatic rings. The number of hydrogen-bond acceptors (Lipinski definition) is 2. The smallest absolute Gasteiger partial charge is 0.258 e. The molecular weight excluding hydrogens is 142 g/mol. The Hall–Kier alpha value is -1.38. The van der Waals surface area contributed by atoms with Gasteiger partial charge >= 0.3 is 0 Å². The van der Waals surface area contributed by atoms with Crippen molar-refractivity contribution >= 4 is 5.69 Å². The summed E-state index contributed by atoms with van der Waals surface area (Å²) in [6, 6.07) is 7.48. The zero-order valence-electron chi connectivity index (χ0n) is 6.20. The number of nitro benzene ring substituents is 1. The summed E-state index contributed by atoms with van der Waals surface area (Å²) in [4.78, 5) is 10.0. The largest absolute Gasteiger partial charge is 0.272 e. The molecule has 0 aliphatic carbocycles. The number of nitrogens with zero attached hydrogens (tertiary/aromatic N) is 1. The van der Waals surface area contributed by atoms with Gasteiger partial charge in [0.25, 0.3) is 5.69 Å². The lowest BCUT2D eigenvalue weighted by atomic mass is 10.1. The normalized spacial score (nSPS) is 9.55. The summed E-state index contributed by atoms with van der Waals surface area (Å²) in [7, 11) is 0. The Balaban J connectivity index is 3.12. The van der Waals surface area contributed by atoms with Gasteiger partial charge in [0.2, 0.25) is 0 Å². The van der Waals surface area contributed by atoms with Crippen LogP contribution in [0.25, 0.3) is 0 Å². The highest BCUT2D eigenvalue weighted by Gasteiger charge is 2.08. The standard InChI is InChI=1S/C8H8NO2/c1-2-7-5-3-4-6-8(7)9(10)11/h4-6H,2H2,1H3. The van der Waals surface area contributed by atoms with Crippen LogP contribution in [-0.4, -0.2) is 4.92 Å². The quantitative estimate of drug-likeness (QED) is 0.477. The molecule has 0 aliphatic heterocycles. The molecule has 0 atom stereocenters. The van der Waals surface area contributed by atoms with Crippen molar-refractivity contribution in [1.29, 1.82) is 0 Å². The van der Waals surface area contributed by atoms with Gasteiger partial charge in [0.1, 0.15) is 0 Å². The number of aryl methyl sites for hydroxylation is 1. The second-order valence-corrected chi connectivity index (χ2v) is 2.17. The van der Waals surface area contributed by atoms with Crippen molar-refractivity contribution in [3.8, 4) is 0 Å². The van der Waals surface area contributed by atoms with Crippen LogP contribution in [-0.2, 0) is 6.42 Å². The predicted molar refractivity (Wildman–Crippen MR) is 41.3 cm³/mol. The Morgan fingerprint density at radius 3 is 2.91 bits per heavy atom. The molecule has 0 saturated carbocycles. The molecule has 3 nitrogen and oxygen atoms in total. The molecule has 0 heterocycles. The monoisotopic (exact) mass is 150 g/mol. The molecule has 0 amide bonds. The van der Waals surface area contributed by atoms with Gasteiger partial charge in [-0.15, -0.1) is 0 Å². The molecule has 1 rings (SSSR count). The van der Waals surface area contributed by atoms with Gasteiger partial charge in [-0.1, -0.05) is 6.92 Å². The average Bonchev–Trinajstić information content (AvgIpc) is 2.04. The minimum atomic E-state index is -0.368. The van der Waals surface area contributed by atoms with Crippen LogP contribution >= 0.6 is 0 Å². The fourth-order valence-corrected chi connectivity index (χ4v) is 0.918. The Morgan fingerprint density at radius 1 is 1.73 bits per heavy atom. The van der Waals surface area contributed by atoms with E-state index in [2.05, 4.69) is 6.07 Å². The van der Waals surface area contributed by atoms with Crippen LogP contribution in [0.2, 0.25) is 0 Å². The van der Waals surface area contributed by atoms with E-state index in [9.17, 15) is 10.1 Å². The Morgan fingerprint density at radius 2 is 2.45 bits per heavy atom. The SMILES string of the molecule is CCc1c[c]ccc1[N+](=O)[O-]. The molecule has 1 aromatic carbocycles. The highest BCUT2D eigenvalue weighted by Crippen LogP contribution is 2.16. The maximum absolute atomic E-state index is 10.4. The topological polar surface area (TPSA) is 43.1 Å². The van der Waals surface area contributed by atoms with E-state index in [1.54, 1.807) is 12.1 Å². The molecule has 3 heteroatoms. The number of benzene rings is 1. The van der Waals surface area contributed by atoms with Gasteiger partial charge in [0.15, 0.2) is 0 Å². The van der Waals surface area contributed by atoms with Gasteiger partial charge in [0, 0.05) is 11.6 Å². The fraction of sp³-hybridized carbons (Fsp3) is 0.250. The maximum atomic E-state index is 10.4. The Kier molecular flexibility index (Phi) is 2.21. The van der Waals surface area contributed by atoms with Gasteiger partial charge < -0.3 is 0 Å². The molecule has 11 heavy (non-hydrogen) atoms. The van der Waals surface area contributed by atoms with Crippen LogP contribution in [0.4, 0.5) is 5.69 Å². The predicted octanol–water partition coefficient (Wildman–Crippen LogP) is 1.96. The minimum Gasteiger partial charge on any atom is -0.258 e. The second kappa shape index (κ2) is 3.14. The maximum Gasteiger partial charge on any atom is 0.272 e. The van der Waals surface area contributed by atoms with E-state index in [-0.39, 0.29) is 10.6 Å². The van der Waals surface area contributed by atoms with Gasteiger partial charge in [-0.05, 0) is 24.6 Å². The number of hydrogen-bond donors (Lipinski definition) is 0. The third-order valence-corrected chi connectivity index (χ3v) is 1.50. The molecule has 1 radical (unpaired) electrons. The summed E-state index contributed by atoms with van der Waals surface area (Å²) in [6.07, 6.45) is 0.674. The van der Waals surface area contributed by atoms with E-state index in [0.29, 0.717) is 6.42 Å². The summed E-state index contributed by atoms with van der Waals surface area (Å²) < 4.78 is 0. The summed E-state index contributed by atoms with van der Waals surface area (Å²) in [6.45, 7) is 1.89. The van der Waals surface area contributed by atoms with Gasteiger partial charge in [-0.25, -0.2) is 0 Å². The van der Waals surface area contributed by atoms with E-state index in [1.165, 1.54) is 6.07 Å². The van der Waals surface area contributed by atoms with Crippen LogP contribution < -0.4 is 0 Å². The molecule has 0 saturated heterocycles. The van der Waals surface area contributed by atoms with E-state index in [0.717, 1.165) is 5.56 Å². The summed E-state index contributed by atoms with van der Waals surface area (Å²) in [5, 5.41) is 10.4. The lowest BCUT2D eigenvalue weighted by Gasteiger charge is -1.96. The van der Waals surface area contributed by atoms with Crippen molar-refractivity contribution in [3.05, 3.63) is 39.9 Å². The zero-order valence-corrected chi connectivity index (χ0v) is 6.20. The number of nitro groups is 1. The van der Waals surface area contributed by atoms with Gasteiger partial charge in [-0.2, -0.15) is 0 Å². The van der Waals surface area contributed by atoms with Crippen molar-refractivity contribution in [1.82, 2.24) is 0 Å². The summed E-state index contributed by atoms with van der Waals surface area (Å²) in [5.74, 6) is 0. The first-order valence-corrected chi connectivity index (χ1v) is 3.39. The molecule has 0 N–H and O–H groups in total. The van der Waals surface area contributed by atoms with Crippen molar-refractivity contribution in [2.75, 3.05) is 0 Å². The van der Waals surface area contributed by atoms with Gasteiger partial charge in [-0.3, -0.25) is 10.1 Å². The van der Waals surface area contributed by atoms with Crippen molar-refractivity contribution in [3.63, 3.8) is 0 Å². The highest BCUT2D eigenvalue weighted by atomic mass is 16.6. The van der Waals surface area contributed by atoms with Crippen molar-refractivity contribution in [2.24, 2.45) is 0 Å². The lowest BCUT2D eigenvalue weighted by Crippen LogP contribution is -1.92. The number of rotatable bonds is 2. The van der Waals surface area contributed by atoms with Crippen LogP contribution in [0.1, 0.15) is 12.5 Å². The Bertz CT molecular complexity index is 271. The second-order valence-electron chi connectivity index (χ2n) is 2.17. The summed E-state index contributed by atoms with van der Waals surface area (Å²) >= 11 is 0. The van der Waals surface area contributed by atoms with E-state index in [1.807, 2.05) is 6.92 Å². The van der Waals surface area contributed by atoms with E-state index < -0.39 is 0 Å². The van der Waals surface area contributed by atoms with E-state index in [4.69, 9.17) is 0 Å². The fourth-order valence-electron chi connectivity index (χ4n) is 0.918. The minimum absolute atomic E-state index is 0.186. The third-order valence-electron chi connectivity index (χ3n) is 1.50. The lowest BCUT2D eigenvalue weighted by molar-refractivity contribution is -0.385. The molecule has 0 aromatic heterocycles. The molecule has 57 valence electrons. The third kappa shape index (κ3) is 1.55. The summed E-state index contributed by atoms with van der Waals surface area (Å²) in [5.41, 5.74) is 0.920. The average molecular weight is 150 g/mol. The first kappa shape index (κ1) is 7.72. The molecular formula is C8H8NO2. The first-order chi connectivity index (χ1) is 5.25. The molecule has 1 aromatic rings. The molecule has 0 bridgehead atoms. The molecule has 0 unspecified atom stereocenters.